The highest BCUT2D eigenvalue weighted by Crippen LogP contribution is 2.56. The van der Waals surface area contributed by atoms with Gasteiger partial charge in [-0.3, -0.25) is 0 Å². The third-order valence-electron chi connectivity index (χ3n) is 5.20. The van der Waals surface area contributed by atoms with Crippen molar-refractivity contribution in [3.8, 4) is 6.07 Å². The molecule has 4 aliphatic rings. The average molecular weight is 248 g/mol. The Morgan fingerprint density at radius 1 is 1.12 bits per heavy atom. The number of nitrogens with one attached hydrogen (secondary N) is 1. The molecular weight excluding hydrogens is 228 g/mol. The smallest absolute Gasteiger partial charge is 0.0896 e. The number of hydrogen-bond acceptors (Lipinski definition) is 2. The van der Waals surface area contributed by atoms with E-state index >= 15 is 0 Å². The summed E-state index contributed by atoms with van der Waals surface area (Å²) in [5.41, 5.74) is 0. The molecule has 0 heterocycles. The first-order chi connectivity index (χ1) is 8.26. The second-order valence-corrected chi connectivity index (χ2v) is 6.73. The third kappa shape index (κ3) is 2.20. The third-order valence-corrected chi connectivity index (χ3v) is 5.49. The monoisotopic (exact) mass is 248 g/mol. The Morgan fingerprint density at radius 2 is 1.71 bits per heavy atom. The van der Waals surface area contributed by atoms with Crippen LogP contribution in [0.5, 0.6) is 0 Å². The van der Waals surface area contributed by atoms with Crippen LogP contribution in [0.4, 0.5) is 0 Å². The van der Waals surface area contributed by atoms with Gasteiger partial charge in [-0.25, -0.2) is 0 Å². The molecular formula is C14H20N2S. The molecule has 0 aromatic rings. The van der Waals surface area contributed by atoms with E-state index in [1.165, 1.54) is 32.1 Å². The Labute approximate surface area is 109 Å². The van der Waals surface area contributed by atoms with Crippen molar-refractivity contribution in [1.29, 1.82) is 5.26 Å². The Morgan fingerprint density at radius 3 is 2.24 bits per heavy atom. The van der Waals surface area contributed by atoms with Crippen LogP contribution in [-0.4, -0.2) is 11.5 Å². The maximum absolute atomic E-state index is 8.60. The van der Waals surface area contributed by atoms with Crippen LogP contribution >= 0.6 is 12.2 Å². The molecule has 0 spiro atoms. The first-order valence-electron chi connectivity index (χ1n) is 6.90. The van der Waals surface area contributed by atoms with Crippen molar-refractivity contribution in [2.45, 2.75) is 38.5 Å². The summed E-state index contributed by atoms with van der Waals surface area (Å²) in [6, 6.07) is 2.12. The topological polar surface area (TPSA) is 35.8 Å². The number of thiocarbonyl (C=S) groups is 1. The van der Waals surface area contributed by atoms with Crippen molar-refractivity contribution in [1.82, 2.24) is 5.32 Å². The van der Waals surface area contributed by atoms with Gasteiger partial charge in [-0.05, 0) is 61.7 Å². The lowest BCUT2D eigenvalue weighted by molar-refractivity contribution is -0.0338. The Kier molecular flexibility index (Phi) is 3.08. The molecule has 92 valence electrons. The van der Waals surface area contributed by atoms with Crippen LogP contribution in [0, 0.1) is 40.9 Å². The zero-order valence-corrected chi connectivity index (χ0v) is 11.0. The highest BCUT2D eigenvalue weighted by Gasteiger charge is 2.47. The number of hydrogen-bond donors (Lipinski definition) is 1. The molecule has 0 unspecified atom stereocenters. The van der Waals surface area contributed by atoms with Gasteiger partial charge in [0.2, 0.25) is 0 Å². The fourth-order valence-electron chi connectivity index (χ4n) is 4.74. The summed E-state index contributed by atoms with van der Waals surface area (Å²) in [7, 11) is 0. The molecule has 0 saturated heterocycles. The summed E-state index contributed by atoms with van der Waals surface area (Å²) in [6.45, 7) is 1.02. The highest BCUT2D eigenvalue weighted by molar-refractivity contribution is 7.80. The SMILES string of the molecule is N#CCC(=S)NCC1C2CC3CC(C2)CC1C3. The lowest BCUT2D eigenvalue weighted by Crippen LogP contribution is -2.48. The van der Waals surface area contributed by atoms with E-state index in [2.05, 4.69) is 11.4 Å². The minimum atomic E-state index is 0.378. The van der Waals surface area contributed by atoms with Gasteiger partial charge in [0.05, 0.1) is 17.5 Å². The Bertz CT molecular complexity index is 330. The van der Waals surface area contributed by atoms with Gasteiger partial charge in [0, 0.05) is 6.54 Å². The predicted octanol–water partition coefficient (Wildman–Crippen LogP) is 2.89. The summed E-state index contributed by atoms with van der Waals surface area (Å²) in [4.78, 5) is 0.737. The first kappa shape index (κ1) is 11.5. The number of rotatable bonds is 3. The minimum Gasteiger partial charge on any atom is -0.379 e. The van der Waals surface area contributed by atoms with Crippen molar-refractivity contribution in [2.24, 2.45) is 29.6 Å². The molecule has 0 amide bonds. The molecule has 3 heteroatoms. The second-order valence-electron chi connectivity index (χ2n) is 6.23. The summed E-state index contributed by atoms with van der Waals surface area (Å²) in [5, 5.41) is 11.9. The Balaban J connectivity index is 1.57. The van der Waals surface area contributed by atoms with Gasteiger partial charge < -0.3 is 5.32 Å². The molecule has 4 aliphatic carbocycles. The van der Waals surface area contributed by atoms with Crippen LogP contribution in [0.2, 0.25) is 0 Å². The molecule has 4 rings (SSSR count). The molecule has 2 nitrogen and oxygen atoms in total. The van der Waals surface area contributed by atoms with Crippen LogP contribution in [0.3, 0.4) is 0 Å². The van der Waals surface area contributed by atoms with Gasteiger partial charge in [0.25, 0.3) is 0 Å². The lowest BCUT2D eigenvalue weighted by atomic mass is 9.52. The minimum absolute atomic E-state index is 0.378. The van der Waals surface area contributed by atoms with Crippen molar-refractivity contribution >= 4 is 17.2 Å². The standard InChI is InChI=1S/C14H20N2S/c15-2-1-14(17)16-8-13-11-4-9-3-10(6-11)7-12(13)5-9/h9-13H,1,3-8H2,(H,16,17). The number of nitriles is 1. The van der Waals surface area contributed by atoms with E-state index < -0.39 is 0 Å². The van der Waals surface area contributed by atoms with E-state index in [-0.39, 0.29) is 0 Å². The maximum atomic E-state index is 8.60. The normalized spacial score (nSPS) is 42.2. The molecule has 0 aromatic carbocycles. The van der Waals surface area contributed by atoms with E-state index in [4.69, 9.17) is 17.5 Å². The molecule has 0 aromatic heterocycles. The van der Waals surface area contributed by atoms with E-state index in [9.17, 15) is 0 Å². The molecule has 4 fully saturated rings. The van der Waals surface area contributed by atoms with Gasteiger partial charge in [0.1, 0.15) is 0 Å². The van der Waals surface area contributed by atoms with Crippen molar-refractivity contribution in [3.05, 3.63) is 0 Å². The summed E-state index contributed by atoms with van der Waals surface area (Å²) < 4.78 is 0. The lowest BCUT2D eigenvalue weighted by Gasteiger charge is -2.54. The van der Waals surface area contributed by atoms with Gasteiger partial charge in [-0.1, -0.05) is 12.2 Å². The zero-order chi connectivity index (χ0) is 11.8. The van der Waals surface area contributed by atoms with Crippen molar-refractivity contribution in [2.75, 3.05) is 6.54 Å². The molecule has 4 bridgehead atoms. The molecule has 1 N–H and O–H groups in total. The van der Waals surface area contributed by atoms with Crippen LogP contribution < -0.4 is 5.32 Å². The largest absolute Gasteiger partial charge is 0.379 e. The summed E-state index contributed by atoms with van der Waals surface area (Å²) >= 11 is 5.15. The zero-order valence-electron chi connectivity index (χ0n) is 10.2. The van der Waals surface area contributed by atoms with Crippen LogP contribution in [0.1, 0.15) is 38.5 Å². The van der Waals surface area contributed by atoms with E-state index in [0.717, 1.165) is 41.1 Å². The second kappa shape index (κ2) is 4.57. The van der Waals surface area contributed by atoms with Crippen LogP contribution in [-0.2, 0) is 0 Å². The van der Waals surface area contributed by atoms with Crippen molar-refractivity contribution in [3.63, 3.8) is 0 Å². The van der Waals surface area contributed by atoms with Gasteiger partial charge in [-0.2, -0.15) is 5.26 Å². The first-order valence-corrected chi connectivity index (χ1v) is 7.30. The molecule has 0 atom stereocenters. The van der Waals surface area contributed by atoms with Crippen LogP contribution in [0.25, 0.3) is 0 Å². The predicted molar refractivity (Wildman–Crippen MR) is 71.4 cm³/mol. The quantitative estimate of drug-likeness (QED) is 0.780. The summed E-state index contributed by atoms with van der Waals surface area (Å²) in [6.07, 6.45) is 7.74. The van der Waals surface area contributed by atoms with Gasteiger partial charge >= 0.3 is 0 Å². The van der Waals surface area contributed by atoms with E-state index in [1.807, 2.05) is 0 Å². The van der Waals surface area contributed by atoms with E-state index in [0.29, 0.717) is 6.42 Å². The van der Waals surface area contributed by atoms with E-state index in [1.54, 1.807) is 0 Å². The molecule has 0 aliphatic heterocycles. The van der Waals surface area contributed by atoms with Gasteiger partial charge in [-0.15, -0.1) is 0 Å². The fourth-order valence-corrected chi connectivity index (χ4v) is 4.89. The maximum Gasteiger partial charge on any atom is 0.0896 e. The summed E-state index contributed by atoms with van der Waals surface area (Å²) in [5.74, 6) is 4.81. The van der Waals surface area contributed by atoms with Crippen molar-refractivity contribution < 1.29 is 0 Å². The van der Waals surface area contributed by atoms with Crippen LogP contribution in [0.15, 0.2) is 0 Å². The highest BCUT2D eigenvalue weighted by atomic mass is 32.1. The average Bonchev–Trinajstić information content (AvgIpc) is 2.27. The number of nitrogens with zero attached hydrogens (tertiary/aromatic N) is 1. The molecule has 0 radical (unpaired) electrons. The Hall–Kier alpha value is -0.620. The van der Waals surface area contributed by atoms with Gasteiger partial charge in [0.15, 0.2) is 0 Å². The molecule has 17 heavy (non-hydrogen) atoms. The fraction of sp³-hybridized carbons (Fsp3) is 0.857. The molecule has 4 saturated carbocycles.